The smallest absolute Gasteiger partial charge is 0.410 e. The molecule has 1 aliphatic heterocycles. The zero-order valence-electron chi connectivity index (χ0n) is 12.9. The molecule has 0 saturated carbocycles. The monoisotopic (exact) mass is 275 g/mol. The van der Waals surface area contributed by atoms with E-state index in [0.717, 1.165) is 19.5 Å². The number of hydrogen-bond acceptors (Lipinski definition) is 2. The summed E-state index contributed by atoms with van der Waals surface area (Å²) in [5, 5.41) is 0. The van der Waals surface area contributed by atoms with Gasteiger partial charge in [-0.1, -0.05) is 37.3 Å². The maximum absolute atomic E-state index is 12.1. The Labute approximate surface area is 121 Å². The SMILES string of the molecule is CC1CN(C(=O)OC(C)(C)C)CCC1c1ccccc1. The molecule has 0 aromatic heterocycles. The highest BCUT2D eigenvalue weighted by molar-refractivity contribution is 5.68. The van der Waals surface area contributed by atoms with Crippen LogP contribution in [0.15, 0.2) is 30.3 Å². The second kappa shape index (κ2) is 5.86. The molecule has 0 radical (unpaired) electrons. The fourth-order valence-corrected chi connectivity index (χ4v) is 2.83. The molecule has 1 saturated heterocycles. The number of likely N-dealkylation sites (tertiary alicyclic amines) is 1. The molecule has 2 rings (SSSR count). The lowest BCUT2D eigenvalue weighted by molar-refractivity contribution is 0.0155. The standard InChI is InChI=1S/C17H25NO2/c1-13-12-18(16(19)20-17(2,3)4)11-10-15(13)14-8-6-5-7-9-14/h5-9,13,15H,10-12H2,1-4H3. The third-order valence-electron chi connectivity index (χ3n) is 3.78. The van der Waals surface area contributed by atoms with E-state index in [4.69, 9.17) is 4.74 Å². The lowest BCUT2D eigenvalue weighted by Gasteiger charge is -2.37. The van der Waals surface area contributed by atoms with Crippen LogP contribution in [-0.2, 0) is 4.74 Å². The van der Waals surface area contributed by atoms with Gasteiger partial charge in [0.25, 0.3) is 0 Å². The van der Waals surface area contributed by atoms with Gasteiger partial charge in [-0.05, 0) is 44.6 Å². The highest BCUT2D eigenvalue weighted by Crippen LogP contribution is 2.33. The molecular weight excluding hydrogens is 250 g/mol. The Kier molecular flexibility index (Phi) is 4.36. The number of rotatable bonds is 1. The van der Waals surface area contributed by atoms with E-state index in [9.17, 15) is 4.79 Å². The molecule has 2 atom stereocenters. The molecule has 0 spiro atoms. The molecule has 20 heavy (non-hydrogen) atoms. The first kappa shape index (κ1) is 14.9. The zero-order valence-corrected chi connectivity index (χ0v) is 12.9. The minimum atomic E-state index is -0.420. The molecule has 1 fully saturated rings. The summed E-state index contributed by atoms with van der Waals surface area (Å²) < 4.78 is 5.45. The van der Waals surface area contributed by atoms with Gasteiger partial charge >= 0.3 is 6.09 Å². The molecule has 0 bridgehead atoms. The van der Waals surface area contributed by atoms with Gasteiger partial charge in [-0.15, -0.1) is 0 Å². The van der Waals surface area contributed by atoms with Gasteiger partial charge in [-0.25, -0.2) is 4.79 Å². The number of carbonyl (C=O) groups excluding carboxylic acids is 1. The largest absolute Gasteiger partial charge is 0.444 e. The van der Waals surface area contributed by atoms with Crippen molar-refractivity contribution < 1.29 is 9.53 Å². The van der Waals surface area contributed by atoms with E-state index in [2.05, 4.69) is 31.2 Å². The molecule has 110 valence electrons. The van der Waals surface area contributed by atoms with Crippen molar-refractivity contribution in [3.63, 3.8) is 0 Å². The fourth-order valence-electron chi connectivity index (χ4n) is 2.83. The molecule has 1 aliphatic rings. The van der Waals surface area contributed by atoms with E-state index in [1.807, 2.05) is 31.7 Å². The van der Waals surface area contributed by atoms with Crippen LogP contribution >= 0.6 is 0 Å². The van der Waals surface area contributed by atoms with Crippen LogP contribution in [0.5, 0.6) is 0 Å². The topological polar surface area (TPSA) is 29.5 Å². The minimum Gasteiger partial charge on any atom is -0.444 e. The quantitative estimate of drug-likeness (QED) is 0.774. The van der Waals surface area contributed by atoms with Crippen molar-refractivity contribution in [1.82, 2.24) is 4.90 Å². The molecular formula is C17H25NO2. The number of amides is 1. The Morgan fingerprint density at radius 1 is 1.25 bits per heavy atom. The maximum atomic E-state index is 12.1. The van der Waals surface area contributed by atoms with Gasteiger partial charge in [0.2, 0.25) is 0 Å². The third kappa shape index (κ3) is 3.75. The van der Waals surface area contributed by atoms with Crippen molar-refractivity contribution >= 4 is 6.09 Å². The van der Waals surface area contributed by atoms with Crippen molar-refractivity contribution in [1.29, 1.82) is 0 Å². The summed E-state index contributed by atoms with van der Waals surface area (Å²) in [4.78, 5) is 13.9. The van der Waals surface area contributed by atoms with Crippen LogP contribution in [0, 0.1) is 5.92 Å². The summed E-state index contributed by atoms with van der Waals surface area (Å²) in [5.74, 6) is 0.994. The molecule has 1 aromatic rings. The normalized spacial score (nSPS) is 23.5. The Morgan fingerprint density at radius 3 is 2.45 bits per heavy atom. The summed E-state index contributed by atoms with van der Waals surface area (Å²) in [6.07, 6.45) is 0.820. The van der Waals surface area contributed by atoms with E-state index < -0.39 is 5.60 Å². The van der Waals surface area contributed by atoms with Crippen molar-refractivity contribution in [2.45, 2.75) is 45.6 Å². The van der Waals surface area contributed by atoms with Crippen molar-refractivity contribution in [3.8, 4) is 0 Å². The molecule has 3 nitrogen and oxygen atoms in total. The van der Waals surface area contributed by atoms with Gasteiger partial charge in [-0.2, -0.15) is 0 Å². The van der Waals surface area contributed by atoms with Crippen LogP contribution in [0.4, 0.5) is 4.79 Å². The van der Waals surface area contributed by atoms with Gasteiger partial charge in [0, 0.05) is 13.1 Å². The van der Waals surface area contributed by atoms with Gasteiger partial charge in [0.05, 0.1) is 0 Å². The van der Waals surface area contributed by atoms with Crippen LogP contribution in [0.2, 0.25) is 0 Å². The summed E-state index contributed by atoms with van der Waals surface area (Å²) in [5.41, 5.74) is 0.959. The fraction of sp³-hybridized carbons (Fsp3) is 0.588. The second-order valence-corrected chi connectivity index (χ2v) is 6.71. The molecule has 0 N–H and O–H groups in total. The summed E-state index contributed by atoms with van der Waals surface area (Å²) in [6.45, 7) is 9.49. The van der Waals surface area contributed by atoms with Gasteiger partial charge in [-0.3, -0.25) is 0 Å². The second-order valence-electron chi connectivity index (χ2n) is 6.71. The average molecular weight is 275 g/mol. The van der Waals surface area contributed by atoms with Crippen molar-refractivity contribution in [2.24, 2.45) is 5.92 Å². The zero-order chi connectivity index (χ0) is 14.8. The van der Waals surface area contributed by atoms with Crippen LogP contribution < -0.4 is 0 Å². The molecule has 1 amide bonds. The maximum Gasteiger partial charge on any atom is 0.410 e. The minimum absolute atomic E-state index is 0.184. The molecule has 3 heteroatoms. The Morgan fingerprint density at radius 2 is 1.90 bits per heavy atom. The first-order chi connectivity index (χ1) is 9.37. The molecule has 0 aliphatic carbocycles. The number of nitrogens with zero attached hydrogens (tertiary/aromatic N) is 1. The first-order valence-electron chi connectivity index (χ1n) is 7.39. The van der Waals surface area contributed by atoms with Gasteiger partial charge in [0.1, 0.15) is 5.60 Å². The highest BCUT2D eigenvalue weighted by Gasteiger charge is 2.31. The summed E-state index contributed by atoms with van der Waals surface area (Å²) in [7, 11) is 0. The van der Waals surface area contributed by atoms with E-state index in [1.54, 1.807) is 0 Å². The first-order valence-corrected chi connectivity index (χ1v) is 7.39. The highest BCUT2D eigenvalue weighted by atomic mass is 16.6. The van der Waals surface area contributed by atoms with E-state index in [-0.39, 0.29) is 6.09 Å². The Hall–Kier alpha value is -1.51. The van der Waals surface area contributed by atoms with Crippen molar-refractivity contribution in [3.05, 3.63) is 35.9 Å². The number of carbonyl (C=O) groups is 1. The van der Waals surface area contributed by atoms with E-state index in [1.165, 1.54) is 5.56 Å². The van der Waals surface area contributed by atoms with E-state index >= 15 is 0 Å². The number of benzene rings is 1. The van der Waals surface area contributed by atoms with Crippen LogP contribution in [0.25, 0.3) is 0 Å². The predicted molar refractivity (Wildman–Crippen MR) is 80.8 cm³/mol. The Balaban J connectivity index is 1.97. The number of ether oxygens (including phenoxy) is 1. The van der Waals surface area contributed by atoms with Crippen LogP contribution in [0.1, 0.15) is 45.6 Å². The molecule has 1 aromatic carbocycles. The summed E-state index contributed by atoms with van der Waals surface area (Å²) in [6, 6.07) is 10.6. The molecule has 2 unspecified atom stereocenters. The molecule has 1 heterocycles. The Bertz CT molecular complexity index is 450. The number of piperidine rings is 1. The predicted octanol–water partition coefficient (Wildman–Crippen LogP) is 4.05. The van der Waals surface area contributed by atoms with Crippen molar-refractivity contribution in [2.75, 3.05) is 13.1 Å². The van der Waals surface area contributed by atoms with E-state index in [0.29, 0.717) is 11.8 Å². The summed E-state index contributed by atoms with van der Waals surface area (Å²) >= 11 is 0. The van der Waals surface area contributed by atoms with Gasteiger partial charge < -0.3 is 9.64 Å². The van der Waals surface area contributed by atoms with Crippen LogP contribution in [-0.4, -0.2) is 29.7 Å². The third-order valence-corrected chi connectivity index (χ3v) is 3.78. The average Bonchev–Trinajstić information content (AvgIpc) is 2.37. The number of hydrogen-bond donors (Lipinski definition) is 0. The van der Waals surface area contributed by atoms with Gasteiger partial charge in [0.15, 0.2) is 0 Å². The lowest BCUT2D eigenvalue weighted by Crippen LogP contribution is -2.44. The van der Waals surface area contributed by atoms with Crippen LogP contribution in [0.3, 0.4) is 0 Å². The lowest BCUT2D eigenvalue weighted by atomic mass is 9.82.